The molecule has 0 aliphatic carbocycles. The van der Waals surface area contributed by atoms with Gasteiger partial charge in [-0.05, 0) is 43.5 Å². The largest absolute Gasteiger partial charge is 0.385 e. The second-order valence-corrected chi connectivity index (χ2v) is 7.20. The van der Waals surface area contributed by atoms with Crippen molar-refractivity contribution in [3.05, 3.63) is 65.7 Å². The van der Waals surface area contributed by atoms with Crippen LogP contribution in [0, 0.1) is 0 Å². The lowest BCUT2D eigenvalue weighted by atomic mass is 10.1. The van der Waals surface area contributed by atoms with Gasteiger partial charge in [-0.3, -0.25) is 14.0 Å². The fourth-order valence-electron chi connectivity index (χ4n) is 3.84. The summed E-state index contributed by atoms with van der Waals surface area (Å²) in [6, 6.07) is 13.4. The number of pyridine rings is 1. The topological polar surface area (TPSA) is 75.9 Å². The SMILES string of the molecule is COCCCNC(=O)c1nc(C(=O)N2c3ccccc3CC2C)n2ccccc12. The number of nitrogens with zero attached hydrogens (tertiary/aromatic N) is 3. The molecule has 0 radical (unpaired) electrons. The first-order valence-electron chi connectivity index (χ1n) is 9.77. The Morgan fingerprint density at radius 2 is 2.00 bits per heavy atom. The Morgan fingerprint density at radius 1 is 1.21 bits per heavy atom. The van der Waals surface area contributed by atoms with Crippen molar-refractivity contribution in [1.82, 2.24) is 14.7 Å². The van der Waals surface area contributed by atoms with Crippen LogP contribution in [0.5, 0.6) is 0 Å². The van der Waals surface area contributed by atoms with Crippen LogP contribution < -0.4 is 10.2 Å². The summed E-state index contributed by atoms with van der Waals surface area (Å²) in [7, 11) is 1.63. The van der Waals surface area contributed by atoms with E-state index in [1.807, 2.05) is 43.3 Å². The van der Waals surface area contributed by atoms with Crippen molar-refractivity contribution in [3.8, 4) is 0 Å². The van der Waals surface area contributed by atoms with Gasteiger partial charge >= 0.3 is 0 Å². The van der Waals surface area contributed by atoms with Gasteiger partial charge < -0.3 is 15.0 Å². The minimum absolute atomic E-state index is 0.0299. The van der Waals surface area contributed by atoms with Crippen LogP contribution >= 0.6 is 0 Å². The van der Waals surface area contributed by atoms with Crippen LogP contribution in [0.25, 0.3) is 5.52 Å². The number of carbonyl (C=O) groups excluding carboxylic acids is 2. The van der Waals surface area contributed by atoms with E-state index in [0.29, 0.717) is 25.1 Å². The van der Waals surface area contributed by atoms with Crippen molar-refractivity contribution in [2.45, 2.75) is 25.8 Å². The van der Waals surface area contributed by atoms with Crippen molar-refractivity contribution in [2.24, 2.45) is 0 Å². The van der Waals surface area contributed by atoms with Crippen LogP contribution in [-0.4, -0.2) is 47.5 Å². The van der Waals surface area contributed by atoms with Crippen molar-refractivity contribution >= 4 is 23.0 Å². The van der Waals surface area contributed by atoms with E-state index in [9.17, 15) is 9.59 Å². The number of amides is 2. The number of hydrogen-bond acceptors (Lipinski definition) is 4. The summed E-state index contributed by atoms with van der Waals surface area (Å²) in [5, 5.41) is 2.85. The smallest absolute Gasteiger partial charge is 0.294 e. The fraction of sp³-hybridized carbons (Fsp3) is 0.318. The molecule has 2 amide bonds. The second kappa shape index (κ2) is 8.05. The molecule has 2 aromatic heterocycles. The Kier molecular flexibility index (Phi) is 5.31. The molecule has 0 saturated heterocycles. The highest BCUT2D eigenvalue weighted by atomic mass is 16.5. The van der Waals surface area contributed by atoms with Gasteiger partial charge in [0, 0.05) is 38.2 Å². The van der Waals surface area contributed by atoms with Crippen molar-refractivity contribution in [2.75, 3.05) is 25.2 Å². The van der Waals surface area contributed by atoms with E-state index >= 15 is 0 Å². The highest BCUT2D eigenvalue weighted by Crippen LogP contribution is 2.33. The molecule has 1 aromatic carbocycles. The average molecular weight is 392 g/mol. The van der Waals surface area contributed by atoms with Crippen LogP contribution in [0.2, 0.25) is 0 Å². The van der Waals surface area contributed by atoms with E-state index in [0.717, 1.165) is 17.7 Å². The second-order valence-electron chi connectivity index (χ2n) is 7.20. The van der Waals surface area contributed by atoms with Crippen LogP contribution in [0.1, 0.15) is 40.0 Å². The first-order chi connectivity index (χ1) is 14.1. The summed E-state index contributed by atoms with van der Waals surface area (Å²) in [4.78, 5) is 32.4. The summed E-state index contributed by atoms with van der Waals surface area (Å²) in [5.41, 5.74) is 2.92. The molecular formula is C22H24N4O3. The van der Waals surface area contributed by atoms with Crippen molar-refractivity contribution in [3.63, 3.8) is 0 Å². The molecule has 7 nitrogen and oxygen atoms in total. The van der Waals surface area contributed by atoms with Crippen LogP contribution in [0.4, 0.5) is 5.69 Å². The maximum absolute atomic E-state index is 13.5. The van der Waals surface area contributed by atoms with Crippen LogP contribution in [0.15, 0.2) is 48.7 Å². The van der Waals surface area contributed by atoms with Gasteiger partial charge in [0.1, 0.15) is 0 Å². The molecule has 1 atom stereocenters. The maximum Gasteiger partial charge on any atom is 0.294 e. The molecule has 0 bridgehead atoms. The summed E-state index contributed by atoms with van der Waals surface area (Å²) in [6.45, 7) is 3.08. The molecule has 150 valence electrons. The monoisotopic (exact) mass is 392 g/mol. The zero-order chi connectivity index (χ0) is 20.4. The molecule has 7 heteroatoms. The van der Waals surface area contributed by atoms with Gasteiger partial charge in [-0.25, -0.2) is 4.98 Å². The minimum Gasteiger partial charge on any atom is -0.385 e. The molecule has 3 heterocycles. The van der Waals surface area contributed by atoms with Gasteiger partial charge in [-0.15, -0.1) is 0 Å². The van der Waals surface area contributed by atoms with Crippen LogP contribution in [-0.2, 0) is 11.2 Å². The van der Waals surface area contributed by atoms with Gasteiger partial charge in [0.2, 0.25) is 5.82 Å². The van der Waals surface area contributed by atoms with Crippen LogP contribution in [0.3, 0.4) is 0 Å². The molecule has 1 unspecified atom stereocenters. The Morgan fingerprint density at radius 3 is 2.83 bits per heavy atom. The molecule has 1 aliphatic heterocycles. The van der Waals surface area contributed by atoms with Gasteiger partial charge in [-0.1, -0.05) is 24.3 Å². The maximum atomic E-state index is 13.5. The summed E-state index contributed by atoms with van der Waals surface area (Å²) in [5.74, 6) is -0.257. The van der Waals surface area contributed by atoms with Gasteiger partial charge in [-0.2, -0.15) is 0 Å². The predicted octanol–water partition coefficient (Wildman–Crippen LogP) is 2.69. The standard InChI is InChI=1S/C22H24N4O3/c1-15-14-16-8-3-4-9-17(16)26(15)22(28)20-24-19(18-10-5-6-12-25(18)20)21(27)23-11-7-13-29-2/h3-6,8-10,12,15H,7,11,13-14H2,1-2H3,(H,23,27). The number of para-hydroxylation sites is 1. The highest BCUT2D eigenvalue weighted by molar-refractivity contribution is 6.08. The molecule has 0 spiro atoms. The normalized spacial score (nSPS) is 15.5. The van der Waals surface area contributed by atoms with E-state index in [1.165, 1.54) is 0 Å². The summed E-state index contributed by atoms with van der Waals surface area (Å²) >= 11 is 0. The van der Waals surface area contributed by atoms with E-state index in [4.69, 9.17) is 4.74 Å². The zero-order valence-corrected chi connectivity index (χ0v) is 16.6. The molecule has 29 heavy (non-hydrogen) atoms. The third-order valence-corrected chi connectivity index (χ3v) is 5.19. The number of aromatic nitrogens is 2. The first-order valence-corrected chi connectivity index (χ1v) is 9.77. The number of methoxy groups -OCH3 is 1. The zero-order valence-electron chi connectivity index (χ0n) is 16.6. The Labute approximate surface area is 169 Å². The van der Waals surface area contributed by atoms with Gasteiger partial charge in [0.15, 0.2) is 5.69 Å². The quantitative estimate of drug-likeness (QED) is 0.655. The molecule has 0 fully saturated rings. The number of fused-ring (bicyclic) bond motifs is 2. The van der Waals surface area contributed by atoms with Gasteiger partial charge in [0.25, 0.3) is 11.8 Å². The minimum atomic E-state index is -0.293. The molecule has 1 N–H and O–H groups in total. The van der Waals surface area contributed by atoms with E-state index < -0.39 is 0 Å². The average Bonchev–Trinajstić information content (AvgIpc) is 3.28. The Balaban J connectivity index is 1.68. The van der Waals surface area contributed by atoms with E-state index in [1.54, 1.807) is 28.7 Å². The lowest BCUT2D eigenvalue weighted by Crippen LogP contribution is -2.37. The third kappa shape index (κ3) is 3.49. The van der Waals surface area contributed by atoms with Crippen molar-refractivity contribution in [1.29, 1.82) is 0 Å². The number of anilines is 1. The molecule has 3 aromatic rings. The number of carbonyl (C=O) groups is 2. The lowest BCUT2D eigenvalue weighted by molar-refractivity contribution is 0.0946. The third-order valence-electron chi connectivity index (χ3n) is 5.19. The lowest BCUT2D eigenvalue weighted by Gasteiger charge is -2.21. The number of ether oxygens (including phenoxy) is 1. The van der Waals surface area contributed by atoms with E-state index in [2.05, 4.69) is 10.3 Å². The number of rotatable bonds is 6. The molecule has 1 aliphatic rings. The number of imidazole rings is 1. The number of benzene rings is 1. The van der Waals surface area contributed by atoms with Gasteiger partial charge in [0.05, 0.1) is 5.52 Å². The molecular weight excluding hydrogens is 368 g/mol. The number of nitrogens with one attached hydrogen (secondary N) is 1. The molecule has 4 rings (SSSR count). The highest BCUT2D eigenvalue weighted by Gasteiger charge is 2.34. The predicted molar refractivity (Wildman–Crippen MR) is 110 cm³/mol. The number of hydrogen-bond donors (Lipinski definition) is 1. The first kappa shape index (κ1) is 19.1. The van der Waals surface area contributed by atoms with E-state index in [-0.39, 0.29) is 29.4 Å². The summed E-state index contributed by atoms with van der Waals surface area (Å²) < 4.78 is 6.70. The summed E-state index contributed by atoms with van der Waals surface area (Å²) in [6.07, 6.45) is 3.28. The Bertz CT molecular complexity index is 1060. The molecule has 0 saturated carbocycles. The fourth-order valence-corrected chi connectivity index (χ4v) is 3.84. The van der Waals surface area contributed by atoms with Crippen molar-refractivity contribution < 1.29 is 14.3 Å². The Hall–Kier alpha value is -3.19.